The Labute approximate surface area is 107 Å². The zero-order valence-corrected chi connectivity index (χ0v) is 12.4. The van der Waals surface area contributed by atoms with Crippen LogP contribution in [0.25, 0.3) is 0 Å². The summed E-state index contributed by atoms with van der Waals surface area (Å²) in [4.78, 5) is 0. The zero-order chi connectivity index (χ0) is 13.4. The van der Waals surface area contributed by atoms with E-state index in [2.05, 4.69) is 6.92 Å². The molecule has 104 valence electrons. The van der Waals surface area contributed by atoms with Gasteiger partial charge in [-0.2, -0.15) is 0 Å². The van der Waals surface area contributed by atoms with Gasteiger partial charge in [0.1, 0.15) is 9.15 Å². The second kappa shape index (κ2) is 8.34. The van der Waals surface area contributed by atoms with Gasteiger partial charge in [-0.3, -0.25) is 0 Å². The summed E-state index contributed by atoms with van der Waals surface area (Å²) in [5.74, 6) is -0.341. The third kappa shape index (κ3) is 12.5. The third-order valence-electron chi connectivity index (χ3n) is 2.18. The number of unbranched alkanes of at least 4 members (excludes halogenated alkanes) is 4. The van der Waals surface area contributed by atoms with E-state index in [0.717, 1.165) is 25.7 Å². The smallest absolute Gasteiger partial charge is 0.151 e. The molecule has 0 atom stereocenters. The van der Waals surface area contributed by atoms with Crippen LogP contribution in [0, 0.1) is 0 Å². The lowest BCUT2D eigenvalue weighted by Gasteiger charge is -2.06. The SMILES string of the molecule is CCCCCCCS(=O)(=O)CCSS(=O)(=O)[O-]. The van der Waals surface area contributed by atoms with Gasteiger partial charge < -0.3 is 4.55 Å². The summed E-state index contributed by atoms with van der Waals surface area (Å²) in [5.41, 5.74) is 0. The van der Waals surface area contributed by atoms with Gasteiger partial charge in [-0.1, -0.05) is 32.6 Å². The maximum Gasteiger partial charge on any atom is 0.151 e. The molecular formula is C9H19O5S3-. The summed E-state index contributed by atoms with van der Waals surface area (Å²) in [5, 5.41) is 0. The monoisotopic (exact) mass is 303 g/mol. The molecular weight excluding hydrogens is 284 g/mol. The summed E-state index contributed by atoms with van der Waals surface area (Å²) in [7, 11) is -7.45. The van der Waals surface area contributed by atoms with Gasteiger partial charge in [-0.25, -0.2) is 16.8 Å². The van der Waals surface area contributed by atoms with Gasteiger partial charge >= 0.3 is 0 Å². The van der Waals surface area contributed by atoms with Gasteiger partial charge in [0.2, 0.25) is 0 Å². The molecule has 0 saturated carbocycles. The molecule has 0 N–H and O–H groups in total. The minimum Gasteiger partial charge on any atom is -0.739 e. The number of sulfone groups is 1. The largest absolute Gasteiger partial charge is 0.739 e. The molecule has 0 fully saturated rings. The second-order valence-corrected chi connectivity index (χ2v) is 9.49. The predicted octanol–water partition coefficient (Wildman–Crippen LogP) is 1.57. The molecule has 8 heteroatoms. The molecule has 0 spiro atoms. The van der Waals surface area contributed by atoms with Crippen LogP contribution < -0.4 is 0 Å². The zero-order valence-electron chi connectivity index (χ0n) is 9.92. The van der Waals surface area contributed by atoms with E-state index in [0.29, 0.717) is 6.42 Å². The van der Waals surface area contributed by atoms with Crippen molar-refractivity contribution in [3.63, 3.8) is 0 Å². The molecule has 5 nitrogen and oxygen atoms in total. The van der Waals surface area contributed by atoms with Gasteiger partial charge in [0.05, 0.1) is 11.5 Å². The number of hydrogen-bond acceptors (Lipinski definition) is 6. The fourth-order valence-electron chi connectivity index (χ4n) is 1.29. The molecule has 0 saturated heterocycles. The average molecular weight is 303 g/mol. The topological polar surface area (TPSA) is 91.3 Å². The highest BCUT2D eigenvalue weighted by Crippen LogP contribution is 2.11. The molecule has 0 aliphatic carbocycles. The Bertz CT molecular complexity index is 385. The van der Waals surface area contributed by atoms with Crippen molar-refractivity contribution >= 4 is 29.8 Å². The van der Waals surface area contributed by atoms with Crippen molar-refractivity contribution in [1.82, 2.24) is 0 Å². The fraction of sp³-hybridized carbons (Fsp3) is 1.00. The Balaban J connectivity index is 3.74. The Kier molecular flexibility index (Phi) is 8.44. The molecule has 0 aromatic heterocycles. The first-order valence-corrected chi connectivity index (χ1v) is 10.3. The molecule has 0 aliphatic rings. The van der Waals surface area contributed by atoms with Crippen LogP contribution in [0.3, 0.4) is 0 Å². The van der Waals surface area contributed by atoms with E-state index in [9.17, 15) is 21.4 Å². The molecule has 0 aromatic carbocycles. The van der Waals surface area contributed by atoms with E-state index in [4.69, 9.17) is 0 Å². The van der Waals surface area contributed by atoms with E-state index < -0.39 is 19.0 Å². The molecule has 0 unspecified atom stereocenters. The highest BCUT2D eigenvalue weighted by Gasteiger charge is 2.11. The maximum atomic E-state index is 11.4. The quantitative estimate of drug-likeness (QED) is 0.345. The first kappa shape index (κ1) is 17.2. The van der Waals surface area contributed by atoms with Gasteiger partial charge in [0.15, 0.2) is 9.84 Å². The van der Waals surface area contributed by atoms with E-state index in [1.54, 1.807) is 0 Å². The van der Waals surface area contributed by atoms with E-state index >= 15 is 0 Å². The molecule has 0 heterocycles. The van der Waals surface area contributed by atoms with Crippen LogP contribution >= 0.6 is 10.8 Å². The first-order chi connectivity index (χ1) is 7.77. The van der Waals surface area contributed by atoms with Crippen LogP contribution in [0.4, 0.5) is 0 Å². The molecule has 0 amide bonds. The van der Waals surface area contributed by atoms with Gasteiger partial charge in [0, 0.05) is 5.75 Å². The predicted molar refractivity (Wildman–Crippen MR) is 69.6 cm³/mol. The molecule has 0 aromatic rings. The van der Waals surface area contributed by atoms with Crippen molar-refractivity contribution < 1.29 is 21.4 Å². The van der Waals surface area contributed by atoms with Crippen molar-refractivity contribution in [3.8, 4) is 0 Å². The van der Waals surface area contributed by atoms with Crippen LogP contribution in [-0.2, 0) is 19.0 Å². The Hall–Kier alpha value is 0.210. The van der Waals surface area contributed by atoms with E-state index in [1.165, 1.54) is 0 Å². The van der Waals surface area contributed by atoms with Gasteiger partial charge in [-0.05, 0) is 17.2 Å². The molecule has 0 radical (unpaired) electrons. The number of rotatable bonds is 10. The van der Waals surface area contributed by atoms with Crippen molar-refractivity contribution in [2.45, 2.75) is 39.0 Å². The van der Waals surface area contributed by atoms with Crippen molar-refractivity contribution in [2.75, 3.05) is 17.3 Å². The van der Waals surface area contributed by atoms with Crippen LogP contribution in [0.5, 0.6) is 0 Å². The van der Waals surface area contributed by atoms with Crippen LogP contribution in [0.2, 0.25) is 0 Å². The summed E-state index contributed by atoms with van der Waals surface area (Å²) in [6, 6.07) is 0. The normalized spacial score (nSPS) is 12.8. The lowest BCUT2D eigenvalue weighted by Crippen LogP contribution is -2.13. The second-order valence-electron chi connectivity index (χ2n) is 3.80. The number of hydrogen-bond donors (Lipinski definition) is 0. The van der Waals surface area contributed by atoms with E-state index in [1.807, 2.05) is 0 Å². The Morgan fingerprint density at radius 1 is 0.941 bits per heavy atom. The van der Waals surface area contributed by atoms with Crippen LogP contribution in [-0.4, -0.2) is 38.6 Å². The van der Waals surface area contributed by atoms with Gasteiger partial charge in [-0.15, -0.1) is 0 Å². The molecule has 0 bridgehead atoms. The van der Waals surface area contributed by atoms with E-state index in [-0.39, 0.29) is 28.1 Å². The highest BCUT2D eigenvalue weighted by molar-refractivity contribution is 8.69. The Morgan fingerprint density at radius 2 is 1.53 bits per heavy atom. The minimum absolute atomic E-state index is 0.0795. The lowest BCUT2D eigenvalue weighted by atomic mass is 10.2. The summed E-state index contributed by atoms with van der Waals surface area (Å²) in [6.07, 6.45) is 4.71. The van der Waals surface area contributed by atoms with Crippen LogP contribution in [0.1, 0.15) is 39.0 Å². The van der Waals surface area contributed by atoms with Crippen molar-refractivity contribution in [3.05, 3.63) is 0 Å². The van der Waals surface area contributed by atoms with Crippen molar-refractivity contribution in [2.24, 2.45) is 0 Å². The average Bonchev–Trinajstić information content (AvgIpc) is 2.14. The summed E-state index contributed by atoms with van der Waals surface area (Å²) < 4.78 is 53.7. The minimum atomic E-state index is -4.38. The maximum absolute atomic E-state index is 11.4. The summed E-state index contributed by atoms with van der Waals surface area (Å²) >= 11 is 0. The highest BCUT2D eigenvalue weighted by atomic mass is 33.1. The molecule has 0 rings (SSSR count). The first-order valence-electron chi connectivity index (χ1n) is 5.57. The Morgan fingerprint density at radius 3 is 2.06 bits per heavy atom. The van der Waals surface area contributed by atoms with Crippen molar-refractivity contribution in [1.29, 1.82) is 0 Å². The van der Waals surface area contributed by atoms with Crippen LogP contribution in [0.15, 0.2) is 0 Å². The summed E-state index contributed by atoms with van der Waals surface area (Å²) in [6.45, 7) is 2.08. The third-order valence-corrected chi connectivity index (χ3v) is 6.20. The fourth-order valence-corrected chi connectivity index (χ4v) is 4.86. The standard InChI is InChI=1S/C9H20O5S3/c1-2-3-4-5-6-8-16(10,11)9-7-15-17(12,13)14/h2-9H2,1H3,(H,12,13,14)/p-1. The lowest BCUT2D eigenvalue weighted by molar-refractivity contribution is 0.482. The molecule has 0 aliphatic heterocycles. The molecule has 17 heavy (non-hydrogen) atoms. The van der Waals surface area contributed by atoms with Gasteiger partial charge in [0.25, 0.3) is 0 Å².